The molecule has 1 N–H and O–H groups in total. The van der Waals surface area contributed by atoms with Gasteiger partial charge in [-0.3, -0.25) is 4.79 Å². The Kier molecular flexibility index (Phi) is 7.76. The van der Waals surface area contributed by atoms with E-state index in [-0.39, 0.29) is 18.6 Å². The Morgan fingerprint density at radius 2 is 1.58 bits per heavy atom. The minimum Gasteiger partial charge on any atom is -0.484 e. The van der Waals surface area contributed by atoms with Gasteiger partial charge in [-0.15, -0.1) is 0 Å². The zero-order valence-electron chi connectivity index (χ0n) is 17.7. The second-order valence-electron chi connectivity index (χ2n) is 8.81. The van der Waals surface area contributed by atoms with Crippen molar-refractivity contribution in [2.24, 2.45) is 5.92 Å². The molecule has 1 aliphatic carbocycles. The molecule has 0 radical (unpaired) electrons. The topological polar surface area (TPSA) is 41.6 Å². The Morgan fingerprint density at radius 1 is 0.935 bits per heavy atom. The van der Waals surface area contributed by atoms with Crippen molar-refractivity contribution >= 4 is 29.1 Å². The van der Waals surface area contributed by atoms with Crippen LogP contribution < -0.4 is 10.1 Å². The lowest BCUT2D eigenvalue weighted by atomic mass is 9.89. The average molecular weight is 461 g/mol. The predicted octanol–water partition coefficient (Wildman–Crippen LogP) is 5.54. The molecule has 2 aliphatic rings. The first-order valence-corrected chi connectivity index (χ1v) is 12.0. The van der Waals surface area contributed by atoms with Crippen LogP contribution in [0.5, 0.6) is 5.75 Å². The fourth-order valence-electron chi connectivity index (χ4n) is 4.87. The van der Waals surface area contributed by atoms with Crippen LogP contribution in [0, 0.1) is 5.92 Å². The first-order valence-electron chi connectivity index (χ1n) is 11.2. The molecule has 1 heterocycles. The minimum atomic E-state index is -0.0515. The molecule has 4 rings (SSSR count). The molecular formula is C25H30Cl2N2O2. The zero-order valence-corrected chi connectivity index (χ0v) is 19.2. The van der Waals surface area contributed by atoms with Gasteiger partial charge in [0.2, 0.25) is 0 Å². The summed E-state index contributed by atoms with van der Waals surface area (Å²) in [6, 6.07) is 15.7. The van der Waals surface area contributed by atoms with Crippen molar-refractivity contribution in [2.75, 3.05) is 26.2 Å². The number of halogens is 2. The SMILES string of the molecule is O=C(COc1ccc(Cl)cc1)N[C@@H]1CC[C@H](CN2CCC(c3ccc(Cl)cc3)CC2)C1. The molecule has 0 spiro atoms. The number of carbonyl (C=O) groups is 1. The van der Waals surface area contributed by atoms with Crippen LogP contribution in [0.15, 0.2) is 48.5 Å². The third-order valence-electron chi connectivity index (χ3n) is 6.54. The van der Waals surface area contributed by atoms with E-state index in [2.05, 4.69) is 22.3 Å². The summed E-state index contributed by atoms with van der Waals surface area (Å²) in [6.45, 7) is 3.48. The highest BCUT2D eigenvalue weighted by atomic mass is 35.5. The third-order valence-corrected chi connectivity index (χ3v) is 7.04. The van der Waals surface area contributed by atoms with E-state index in [0.29, 0.717) is 22.6 Å². The number of rotatable bonds is 7. The molecule has 6 heteroatoms. The van der Waals surface area contributed by atoms with E-state index >= 15 is 0 Å². The van der Waals surface area contributed by atoms with Crippen LogP contribution in [-0.4, -0.2) is 43.1 Å². The van der Waals surface area contributed by atoms with Gasteiger partial charge in [-0.05, 0) is 99.0 Å². The molecule has 31 heavy (non-hydrogen) atoms. The van der Waals surface area contributed by atoms with Crippen molar-refractivity contribution in [3.05, 3.63) is 64.1 Å². The van der Waals surface area contributed by atoms with E-state index in [1.807, 2.05) is 12.1 Å². The maximum atomic E-state index is 12.2. The Labute approximate surface area is 194 Å². The number of piperidine rings is 1. The Morgan fingerprint density at radius 3 is 2.26 bits per heavy atom. The molecule has 1 saturated carbocycles. The minimum absolute atomic E-state index is 0.0427. The summed E-state index contributed by atoms with van der Waals surface area (Å²) in [5.41, 5.74) is 1.41. The van der Waals surface area contributed by atoms with Gasteiger partial charge in [-0.25, -0.2) is 0 Å². The van der Waals surface area contributed by atoms with E-state index in [9.17, 15) is 4.79 Å². The molecule has 2 atom stereocenters. The summed E-state index contributed by atoms with van der Waals surface area (Å²) in [5.74, 6) is 1.91. The Hall–Kier alpha value is -1.75. The molecular weight excluding hydrogens is 431 g/mol. The van der Waals surface area contributed by atoms with Crippen molar-refractivity contribution in [1.82, 2.24) is 10.2 Å². The molecule has 2 aromatic carbocycles. The van der Waals surface area contributed by atoms with Crippen LogP contribution in [-0.2, 0) is 4.79 Å². The van der Waals surface area contributed by atoms with Gasteiger partial charge in [0.25, 0.3) is 5.91 Å². The van der Waals surface area contributed by atoms with Crippen molar-refractivity contribution < 1.29 is 9.53 Å². The van der Waals surface area contributed by atoms with Crippen molar-refractivity contribution in [3.8, 4) is 5.75 Å². The first-order chi connectivity index (χ1) is 15.0. The van der Waals surface area contributed by atoms with Crippen LogP contribution >= 0.6 is 23.2 Å². The number of hydrogen-bond acceptors (Lipinski definition) is 3. The highest BCUT2D eigenvalue weighted by Gasteiger charge is 2.29. The summed E-state index contributed by atoms with van der Waals surface area (Å²) in [6.07, 6.45) is 5.70. The van der Waals surface area contributed by atoms with Gasteiger partial charge in [-0.1, -0.05) is 35.3 Å². The predicted molar refractivity (Wildman–Crippen MR) is 126 cm³/mol. The number of amides is 1. The average Bonchev–Trinajstić information content (AvgIpc) is 3.21. The molecule has 0 bridgehead atoms. The summed E-state index contributed by atoms with van der Waals surface area (Å²) >= 11 is 11.9. The van der Waals surface area contributed by atoms with E-state index in [1.54, 1.807) is 24.3 Å². The van der Waals surface area contributed by atoms with Gasteiger partial charge in [0.15, 0.2) is 6.61 Å². The number of benzene rings is 2. The fourth-order valence-corrected chi connectivity index (χ4v) is 5.12. The summed E-state index contributed by atoms with van der Waals surface area (Å²) < 4.78 is 5.55. The molecule has 166 valence electrons. The van der Waals surface area contributed by atoms with Gasteiger partial charge in [0, 0.05) is 22.6 Å². The molecule has 0 unspecified atom stereocenters. The van der Waals surface area contributed by atoms with E-state index in [0.717, 1.165) is 37.5 Å². The summed E-state index contributed by atoms with van der Waals surface area (Å²) in [7, 11) is 0. The lowest BCUT2D eigenvalue weighted by Gasteiger charge is -2.33. The molecule has 2 aromatic rings. The summed E-state index contributed by atoms with van der Waals surface area (Å²) in [4.78, 5) is 14.8. The molecule has 2 fully saturated rings. The quantitative estimate of drug-likeness (QED) is 0.589. The number of nitrogens with zero attached hydrogens (tertiary/aromatic N) is 1. The number of likely N-dealkylation sites (tertiary alicyclic amines) is 1. The second kappa shape index (κ2) is 10.7. The smallest absolute Gasteiger partial charge is 0.258 e. The van der Waals surface area contributed by atoms with Gasteiger partial charge in [0.1, 0.15) is 5.75 Å². The molecule has 1 amide bonds. The van der Waals surface area contributed by atoms with Gasteiger partial charge < -0.3 is 15.0 Å². The molecule has 0 aromatic heterocycles. The number of nitrogens with one attached hydrogen (secondary N) is 1. The number of carbonyl (C=O) groups excluding carboxylic acids is 1. The van der Waals surface area contributed by atoms with Crippen LogP contribution in [0.4, 0.5) is 0 Å². The van der Waals surface area contributed by atoms with Gasteiger partial charge >= 0.3 is 0 Å². The van der Waals surface area contributed by atoms with E-state index in [4.69, 9.17) is 27.9 Å². The van der Waals surface area contributed by atoms with Gasteiger partial charge in [0.05, 0.1) is 0 Å². The maximum Gasteiger partial charge on any atom is 0.258 e. The second-order valence-corrected chi connectivity index (χ2v) is 9.69. The highest BCUT2D eigenvalue weighted by molar-refractivity contribution is 6.30. The first kappa shape index (κ1) is 22.4. The third kappa shape index (κ3) is 6.61. The van der Waals surface area contributed by atoms with E-state index < -0.39 is 0 Å². The normalized spacial score (nSPS) is 22.4. The lowest BCUT2D eigenvalue weighted by molar-refractivity contribution is -0.123. The van der Waals surface area contributed by atoms with Crippen molar-refractivity contribution in [1.29, 1.82) is 0 Å². The van der Waals surface area contributed by atoms with Crippen molar-refractivity contribution in [3.63, 3.8) is 0 Å². The molecule has 1 aliphatic heterocycles. The molecule has 1 saturated heterocycles. The maximum absolute atomic E-state index is 12.2. The largest absolute Gasteiger partial charge is 0.484 e. The van der Waals surface area contributed by atoms with Crippen LogP contribution in [0.2, 0.25) is 10.0 Å². The van der Waals surface area contributed by atoms with Crippen LogP contribution in [0.25, 0.3) is 0 Å². The summed E-state index contributed by atoms with van der Waals surface area (Å²) in [5, 5.41) is 4.60. The van der Waals surface area contributed by atoms with Crippen LogP contribution in [0.1, 0.15) is 43.6 Å². The van der Waals surface area contributed by atoms with E-state index in [1.165, 1.54) is 24.8 Å². The monoisotopic (exact) mass is 460 g/mol. The molecule has 4 nitrogen and oxygen atoms in total. The lowest BCUT2D eigenvalue weighted by Crippen LogP contribution is -2.38. The Bertz CT molecular complexity index is 849. The van der Waals surface area contributed by atoms with Gasteiger partial charge in [-0.2, -0.15) is 0 Å². The zero-order chi connectivity index (χ0) is 21.6. The highest BCUT2D eigenvalue weighted by Crippen LogP contribution is 2.31. The van der Waals surface area contributed by atoms with Crippen molar-refractivity contribution in [2.45, 2.75) is 44.1 Å². The Balaban J connectivity index is 1.14. The number of ether oxygens (including phenoxy) is 1. The van der Waals surface area contributed by atoms with Crippen LogP contribution in [0.3, 0.4) is 0 Å². The fraction of sp³-hybridized carbons (Fsp3) is 0.480. The number of hydrogen-bond donors (Lipinski definition) is 1. The standard InChI is InChI=1S/C25H30Cl2N2O2/c26-21-4-2-19(3-5-21)20-11-13-29(14-12-20)16-18-1-8-23(15-18)28-25(30)17-31-24-9-6-22(27)7-10-24/h2-7,9-10,18,20,23H,1,8,11-17H2,(H,28,30)/t18-,23+/m0/s1.